The molecule has 0 bridgehead atoms. The van der Waals surface area contributed by atoms with Crippen LogP contribution in [0, 0.1) is 0 Å². The molecule has 94 valence electrons. The summed E-state index contributed by atoms with van der Waals surface area (Å²) in [6.45, 7) is 10.1. The lowest BCUT2D eigenvalue weighted by Crippen LogP contribution is -2.57. The second kappa shape index (κ2) is 5.45. The van der Waals surface area contributed by atoms with Crippen LogP contribution in [0.5, 0.6) is 0 Å². The fourth-order valence-corrected chi connectivity index (χ4v) is 2.67. The van der Waals surface area contributed by atoms with Gasteiger partial charge in [0.1, 0.15) is 0 Å². The first-order valence-electron chi connectivity index (χ1n) is 6.50. The molecule has 1 aliphatic rings. The van der Waals surface area contributed by atoms with Gasteiger partial charge in [-0.15, -0.1) is 0 Å². The van der Waals surface area contributed by atoms with Crippen LogP contribution in [-0.2, 0) is 0 Å². The van der Waals surface area contributed by atoms with Crippen LogP contribution in [-0.4, -0.2) is 46.6 Å². The topological polar surface area (TPSA) is 32.3 Å². The summed E-state index contributed by atoms with van der Waals surface area (Å²) in [5, 5.41) is 0. The Hall–Kier alpha value is -1.16. The number of piperazine rings is 1. The summed E-state index contributed by atoms with van der Waals surface area (Å²) < 4.78 is 0. The molecule has 4 nitrogen and oxygen atoms in total. The SMILES string of the molecule is CCCN1C(C)CN(c2ncccn2)CC1C. The monoisotopic (exact) mass is 234 g/mol. The molecular weight excluding hydrogens is 212 g/mol. The van der Waals surface area contributed by atoms with Crippen molar-refractivity contribution < 1.29 is 0 Å². The lowest BCUT2D eigenvalue weighted by Gasteiger charge is -2.44. The Balaban J connectivity index is 2.06. The quantitative estimate of drug-likeness (QED) is 0.798. The van der Waals surface area contributed by atoms with Gasteiger partial charge in [-0.3, -0.25) is 4.90 Å². The molecule has 0 N–H and O–H groups in total. The average Bonchev–Trinajstić information content (AvgIpc) is 2.35. The molecule has 2 unspecified atom stereocenters. The van der Waals surface area contributed by atoms with E-state index in [4.69, 9.17) is 0 Å². The van der Waals surface area contributed by atoms with Gasteiger partial charge in [-0.2, -0.15) is 0 Å². The molecule has 0 saturated carbocycles. The second-order valence-corrected chi connectivity index (χ2v) is 4.89. The molecule has 2 rings (SSSR count). The Morgan fingerprint density at radius 2 is 1.76 bits per heavy atom. The molecule has 1 fully saturated rings. The Bertz CT molecular complexity index is 329. The van der Waals surface area contributed by atoms with Crippen LogP contribution in [0.4, 0.5) is 5.95 Å². The zero-order valence-corrected chi connectivity index (χ0v) is 11.0. The summed E-state index contributed by atoms with van der Waals surface area (Å²) >= 11 is 0. The normalized spacial score (nSPS) is 26.2. The van der Waals surface area contributed by atoms with Crippen molar-refractivity contribution in [3.05, 3.63) is 18.5 Å². The molecular formula is C13H22N4. The molecule has 0 aliphatic carbocycles. The Kier molecular flexibility index (Phi) is 3.94. The summed E-state index contributed by atoms with van der Waals surface area (Å²) in [5.74, 6) is 0.863. The van der Waals surface area contributed by atoms with Crippen LogP contribution in [0.25, 0.3) is 0 Å². The number of rotatable bonds is 3. The van der Waals surface area contributed by atoms with Crippen LogP contribution < -0.4 is 4.90 Å². The number of hydrogen-bond acceptors (Lipinski definition) is 4. The van der Waals surface area contributed by atoms with Crippen molar-refractivity contribution in [2.45, 2.75) is 39.3 Å². The second-order valence-electron chi connectivity index (χ2n) is 4.89. The molecule has 1 aromatic rings. The van der Waals surface area contributed by atoms with Crippen molar-refractivity contribution in [3.8, 4) is 0 Å². The minimum Gasteiger partial charge on any atom is -0.338 e. The third kappa shape index (κ3) is 2.75. The van der Waals surface area contributed by atoms with E-state index in [2.05, 4.69) is 40.5 Å². The van der Waals surface area contributed by atoms with Crippen LogP contribution in [0.2, 0.25) is 0 Å². The fraction of sp³-hybridized carbons (Fsp3) is 0.692. The summed E-state index contributed by atoms with van der Waals surface area (Å²) in [7, 11) is 0. The minimum atomic E-state index is 0.572. The highest BCUT2D eigenvalue weighted by Crippen LogP contribution is 2.19. The molecule has 0 spiro atoms. The maximum Gasteiger partial charge on any atom is 0.225 e. The Labute approximate surface area is 104 Å². The molecule has 2 heterocycles. The van der Waals surface area contributed by atoms with Crippen molar-refractivity contribution in [3.63, 3.8) is 0 Å². The van der Waals surface area contributed by atoms with Gasteiger partial charge in [0, 0.05) is 37.6 Å². The van der Waals surface area contributed by atoms with Crippen LogP contribution in [0.15, 0.2) is 18.5 Å². The maximum atomic E-state index is 4.34. The van der Waals surface area contributed by atoms with Gasteiger partial charge in [-0.1, -0.05) is 6.92 Å². The van der Waals surface area contributed by atoms with E-state index >= 15 is 0 Å². The van der Waals surface area contributed by atoms with Gasteiger partial charge in [-0.05, 0) is 32.9 Å². The molecule has 0 amide bonds. The first kappa shape index (κ1) is 12.3. The first-order chi connectivity index (χ1) is 8.22. The smallest absolute Gasteiger partial charge is 0.225 e. The van der Waals surface area contributed by atoms with E-state index in [1.807, 2.05) is 18.5 Å². The van der Waals surface area contributed by atoms with E-state index in [1.54, 1.807) is 0 Å². The minimum absolute atomic E-state index is 0.572. The summed E-state index contributed by atoms with van der Waals surface area (Å²) in [6.07, 6.45) is 4.85. The van der Waals surface area contributed by atoms with E-state index in [0.29, 0.717) is 12.1 Å². The Morgan fingerprint density at radius 3 is 2.29 bits per heavy atom. The van der Waals surface area contributed by atoms with E-state index in [-0.39, 0.29) is 0 Å². The van der Waals surface area contributed by atoms with Crippen LogP contribution in [0.3, 0.4) is 0 Å². The largest absolute Gasteiger partial charge is 0.338 e. The van der Waals surface area contributed by atoms with Gasteiger partial charge in [0.25, 0.3) is 0 Å². The van der Waals surface area contributed by atoms with Crippen molar-refractivity contribution in [1.29, 1.82) is 0 Å². The maximum absolute atomic E-state index is 4.34. The highest BCUT2D eigenvalue weighted by molar-refractivity contribution is 5.30. The summed E-state index contributed by atoms with van der Waals surface area (Å²) in [5.41, 5.74) is 0. The molecule has 1 saturated heterocycles. The van der Waals surface area contributed by atoms with E-state index in [0.717, 1.165) is 19.0 Å². The molecule has 1 aliphatic heterocycles. The average molecular weight is 234 g/mol. The highest BCUT2D eigenvalue weighted by Gasteiger charge is 2.29. The number of hydrogen-bond donors (Lipinski definition) is 0. The lowest BCUT2D eigenvalue weighted by atomic mass is 10.1. The fourth-order valence-electron chi connectivity index (χ4n) is 2.67. The van der Waals surface area contributed by atoms with Gasteiger partial charge in [0.15, 0.2) is 0 Å². The third-order valence-electron chi connectivity index (χ3n) is 3.42. The van der Waals surface area contributed by atoms with Gasteiger partial charge >= 0.3 is 0 Å². The van der Waals surface area contributed by atoms with E-state index in [1.165, 1.54) is 13.0 Å². The molecule has 0 radical (unpaired) electrons. The zero-order valence-electron chi connectivity index (χ0n) is 11.0. The molecule has 4 heteroatoms. The van der Waals surface area contributed by atoms with Crippen molar-refractivity contribution >= 4 is 5.95 Å². The molecule has 17 heavy (non-hydrogen) atoms. The van der Waals surface area contributed by atoms with Gasteiger partial charge in [-0.25, -0.2) is 9.97 Å². The predicted octanol–water partition coefficient (Wildman–Crippen LogP) is 1.79. The highest BCUT2D eigenvalue weighted by atomic mass is 15.3. The zero-order chi connectivity index (χ0) is 12.3. The summed E-state index contributed by atoms with van der Waals surface area (Å²) in [6, 6.07) is 3.01. The van der Waals surface area contributed by atoms with Crippen LogP contribution >= 0.6 is 0 Å². The Morgan fingerprint density at radius 1 is 1.18 bits per heavy atom. The van der Waals surface area contributed by atoms with Crippen LogP contribution in [0.1, 0.15) is 27.2 Å². The van der Waals surface area contributed by atoms with Crippen molar-refractivity contribution in [2.24, 2.45) is 0 Å². The van der Waals surface area contributed by atoms with Crippen molar-refractivity contribution in [2.75, 3.05) is 24.5 Å². The van der Waals surface area contributed by atoms with Gasteiger partial charge in [0.2, 0.25) is 5.95 Å². The number of aromatic nitrogens is 2. The third-order valence-corrected chi connectivity index (χ3v) is 3.42. The van der Waals surface area contributed by atoms with Gasteiger partial charge in [0.05, 0.1) is 0 Å². The lowest BCUT2D eigenvalue weighted by molar-refractivity contribution is 0.131. The summed E-state index contributed by atoms with van der Waals surface area (Å²) in [4.78, 5) is 13.6. The van der Waals surface area contributed by atoms with E-state index in [9.17, 15) is 0 Å². The standard InChI is InChI=1S/C13H22N4/c1-4-8-17-11(2)9-16(10-12(17)3)13-14-6-5-7-15-13/h5-7,11-12H,4,8-10H2,1-3H3. The van der Waals surface area contributed by atoms with E-state index < -0.39 is 0 Å². The van der Waals surface area contributed by atoms with Gasteiger partial charge < -0.3 is 4.90 Å². The molecule has 1 aromatic heterocycles. The number of nitrogens with zero attached hydrogens (tertiary/aromatic N) is 4. The molecule has 0 aromatic carbocycles. The first-order valence-corrected chi connectivity index (χ1v) is 6.50. The molecule has 2 atom stereocenters. The van der Waals surface area contributed by atoms with Crippen molar-refractivity contribution in [1.82, 2.24) is 14.9 Å². The number of anilines is 1. The predicted molar refractivity (Wildman–Crippen MR) is 70.2 cm³/mol.